The van der Waals surface area contributed by atoms with Crippen molar-refractivity contribution in [2.45, 2.75) is 32.7 Å². The third-order valence-corrected chi connectivity index (χ3v) is 3.00. The maximum atomic E-state index is 10.5. The zero-order valence-electron chi connectivity index (χ0n) is 11.2. The highest BCUT2D eigenvalue weighted by Crippen LogP contribution is 2.26. The lowest BCUT2D eigenvalue weighted by Crippen LogP contribution is -2.12. The fraction of sp³-hybridized carbons (Fsp3) is 0.500. The minimum Gasteiger partial charge on any atom is -0.508 e. The van der Waals surface area contributed by atoms with Crippen molar-refractivity contribution in [3.8, 4) is 5.75 Å². The van der Waals surface area contributed by atoms with Crippen molar-refractivity contribution in [1.29, 1.82) is 0 Å². The Balaban J connectivity index is 2.83. The fourth-order valence-corrected chi connectivity index (χ4v) is 2.01. The molecule has 2 N–H and O–H groups in total. The monoisotopic (exact) mass is 251 g/mol. The summed E-state index contributed by atoms with van der Waals surface area (Å²) in [6, 6.07) is 3.58. The van der Waals surface area contributed by atoms with Gasteiger partial charge in [-0.25, -0.2) is 0 Å². The molecule has 18 heavy (non-hydrogen) atoms. The van der Waals surface area contributed by atoms with Gasteiger partial charge in [0.2, 0.25) is 0 Å². The number of carboxylic acids is 1. The average Bonchev–Trinajstić information content (AvgIpc) is 2.26. The summed E-state index contributed by atoms with van der Waals surface area (Å²) in [5.74, 6) is -0.455. The van der Waals surface area contributed by atoms with E-state index in [9.17, 15) is 9.90 Å². The van der Waals surface area contributed by atoms with E-state index < -0.39 is 5.97 Å². The van der Waals surface area contributed by atoms with E-state index in [1.54, 1.807) is 6.07 Å². The van der Waals surface area contributed by atoms with Crippen LogP contribution in [0, 0.1) is 6.92 Å². The molecule has 0 aliphatic rings. The lowest BCUT2D eigenvalue weighted by atomic mass is 9.97. The Morgan fingerprint density at radius 1 is 1.33 bits per heavy atom. The first-order valence-electron chi connectivity index (χ1n) is 6.08. The molecule has 0 saturated heterocycles. The van der Waals surface area contributed by atoms with Gasteiger partial charge in [-0.2, -0.15) is 0 Å². The lowest BCUT2D eigenvalue weighted by Gasteiger charge is -2.16. The number of hydrogen-bond donors (Lipinski definition) is 2. The first-order chi connectivity index (χ1) is 8.41. The first-order valence-corrected chi connectivity index (χ1v) is 6.08. The molecule has 1 rings (SSSR count). The average molecular weight is 251 g/mol. The second kappa shape index (κ2) is 6.40. The van der Waals surface area contributed by atoms with Crippen molar-refractivity contribution in [2.24, 2.45) is 0 Å². The van der Waals surface area contributed by atoms with Crippen molar-refractivity contribution < 1.29 is 15.0 Å². The third kappa shape index (κ3) is 4.04. The molecule has 0 bridgehead atoms. The summed E-state index contributed by atoms with van der Waals surface area (Å²) in [5, 5.41) is 18.5. The molecule has 0 amide bonds. The normalized spacial score (nSPS) is 10.9. The van der Waals surface area contributed by atoms with Gasteiger partial charge in [0.25, 0.3) is 0 Å². The lowest BCUT2D eigenvalue weighted by molar-refractivity contribution is -0.137. The van der Waals surface area contributed by atoms with Crippen LogP contribution in [0.25, 0.3) is 0 Å². The van der Waals surface area contributed by atoms with Gasteiger partial charge in [0, 0.05) is 18.5 Å². The highest BCUT2D eigenvalue weighted by molar-refractivity contribution is 5.66. The number of aryl methyl sites for hydroxylation is 1. The molecule has 1 aromatic carbocycles. The van der Waals surface area contributed by atoms with Crippen LogP contribution in [-0.4, -0.2) is 35.2 Å². The van der Waals surface area contributed by atoms with Crippen molar-refractivity contribution in [1.82, 2.24) is 4.90 Å². The van der Waals surface area contributed by atoms with E-state index in [0.717, 1.165) is 23.1 Å². The summed E-state index contributed by atoms with van der Waals surface area (Å²) < 4.78 is 0. The molecule has 0 heterocycles. The third-order valence-electron chi connectivity index (χ3n) is 3.00. The topological polar surface area (TPSA) is 60.8 Å². The molecule has 4 nitrogen and oxygen atoms in total. The Labute approximate surface area is 108 Å². The van der Waals surface area contributed by atoms with Crippen LogP contribution in [0.3, 0.4) is 0 Å². The molecule has 0 aromatic heterocycles. The van der Waals surface area contributed by atoms with Crippen molar-refractivity contribution >= 4 is 5.97 Å². The van der Waals surface area contributed by atoms with Crippen LogP contribution in [0.2, 0.25) is 0 Å². The van der Waals surface area contributed by atoms with Gasteiger partial charge in [-0.05, 0) is 51.1 Å². The molecule has 4 heteroatoms. The van der Waals surface area contributed by atoms with E-state index in [-0.39, 0.29) is 6.42 Å². The number of aliphatic carboxylic acids is 1. The number of phenols is 1. The minimum absolute atomic E-state index is 0.184. The highest BCUT2D eigenvalue weighted by atomic mass is 16.4. The van der Waals surface area contributed by atoms with Gasteiger partial charge in [-0.3, -0.25) is 4.79 Å². The Kier molecular flexibility index (Phi) is 5.16. The Bertz CT molecular complexity index is 427. The first kappa shape index (κ1) is 14.5. The van der Waals surface area contributed by atoms with E-state index in [0.29, 0.717) is 18.7 Å². The van der Waals surface area contributed by atoms with Crippen LogP contribution in [0.1, 0.15) is 29.5 Å². The number of carbonyl (C=O) groups is 1. The van der Waals surface area contributed by atoms with Gasteiger partial charge in [0.15, 0.2) is 0 Å². The Morgan fingerprint density at radius 2 is 2.00 bits per heavy atom. The van der Waals surface area contributed by atoms with Gasteiger partial charge in [0.1, 0.15) is 5.75 Å². The van der Waals surface area contributed by atoms with Crippen LogP contribution in [0.4, 0.5) is 0 Å². The number of phenolic OH excluding ortho intramolecular Hbond substituents is 1. The van der Waals surface area contributed by atoms with E-state index in [2.05, 4.69) is 0 Å². The molecule has 0 unspecified atom stereocenters. The second-order valence-corrected chi connectivity index (χ2v) is 4.83. The summed E-state index contributed by atoms with van der Waals surface area (Å²) in [6.07, 6.45) is 1.55. The van der Waals surface area contributed by atoms with Crippen molar-refractivity contribution in [3.63, 3.8) is 0 Å². The van der Waals surface area contributed by atoms with Gasteiger partial charge in [-0.15, -0.1) is 0 Å². The molecule has 100 valence electrons. The van der Waals surface area contributed by atoms with E-state index in [1.807, 2.05) is 32.0 Å². The molecule has 0 fully saturated rings. The quantitative estimate of drug-likeness (QED) is 0.813. The molecule has 0 aliphatic heterocycles. The molecule has 0 radical (unpaired) electrons. The number of carboxylic acid groups (broad SMARTS) is 1. The SMILES string of the molecule is Cc1c(CCCC(=O)O)ccc(O)c1CN(C)C. The maximum Gasteiger partial charge on any atom is 0.303 e. The molecule has 1 aromatic rings. The standard InChI is InChI=1S/C14H21NO3/c1-10-11(5-4-6-14(17)18)7-8-13(16)12(10)9-15(2)3/h7-8,16H,4-6,9H2,1-3H3,(H,17,18). The van der Waals surface area contributed by atoms with Crippen LogP contribution >= 0.6 is 0 Å². The van der Waals surface area contributed by atoms with Gasteiger partial charge >= 0.3 is 5.97 Å². The van der Waals surface area contributed by atoms with Crippen molar-refractivity contribution in [2.75, 3.05) is 14.1 Å². The predicted molar refractivity (Wildman–Crippen MR) is 70.8 cm³/mol. The molecule has 0 saturated carbocycles. The number of benzene rings is 1. The minimum atomic E-state index is -0.764. The van der Waals surface area contributed by atoms with Gasteiger partial charge in [0.05, 0.1) is 0 Å². The summed E-state index contributed by atoms with van der Waals surface area (Å²) in [5.41, 5.74) is 3.10. The van der Waals surface area contributed by atoms with Crippen molar-refractivity contribution in [3.05, 3.63) is 28.8 Å². The molecule has 0 aliphatic carbocycles. The second-order valence-electron chi connectivity index (χ2n) is 4.83. The Morgan fingerprint density at radius 3 is 2.56 bits per heavy atom. The predicted octanol–water partition coefficient (Wildman–Crippen LogP) is 2.17. The summed E-state index contributed by atoms with van der Waals surface area (Å²) >= 11 is 0. The molecular formula is C14H21NO3. The van der Waals surface area contributed by atoms with Crippen LogP contribution in [-0.2, 0) is 17.8 Å². The zero-order valence-corrected chi connectivity index (χ0v) is 11.2. The van der Waals surface area contributed by atoms with Gasteiger partial charge < -0.3 is 15.1 Å². The zero-order chi connectivity index (χ0) is 13.7. The smallest absolute Gasteiger partial charge is 0.303 e. The molecule has 0 atom stereocenters. The summed E-state index contributed by atoms with van der Waals surface area (Å²) in [7, 11) is 3.91. The number of nitrogens with zero attached hydrogens (tertiary/aromatic N) is 1. The number of aromatic hydroxyl groups is 1. The Hall–Kier alpha value is -1.55. The summed E-state index contributed by atoms with van der Waals surface area (Å²) in [4.78, 5) is 12.5. The van der Waals surface area contributed by atoms with E-state index in [4.69, 9.17) is 5.11 Å². The largest absolute Gasteiger partial charge is 0.508 e. The fourth-order valence-electron chi connectivity index (χ4n) is 2.01. The molecule has 0 spiro atoms. The molecular weight excluding hydrogens is 230 g/mol. The summed E-state index contributed by atoms with van der Waals surface area (Å²) in [6.45, 7) is 2.67. The van der Waals surface area contributed by atoms with E-state index in [1.165, 1.54) is 0 Å². The van der Waals surface area contributed by atoms with Gasteiger partial charge in [-0.1, -0.05) is 6.07 Å². The van der Waals surface area contributed by atoms with Crippen LogP contribution in [0.15, 0.2) is 12.1 Å². The number of rotatable bonds is 6. The van der Waals surface area contributed by atoms with Crippen LogP contribution in [0.5, 0.6) is 5.75 Å². The maximum absolute atomic E-state index is 10.5. The van der Waals surface area contributed by atoms with Crippen LogP contribution < -0.4 is 0 Å². The van der Waals surface area contributed by atoms with E-state index >= 15 is 0 Å². The highest BCUT2D eigenvalue weighted by Gasteiger charge is 2.10. The number of hydrogen-bond acceptors (Lipinski definition) is 3.